The van der Waals surface area contributed by atoms with Gasteiger partial charge in [0.05, 0.1) is 5.41 Å². The molecule has 84 valence electrons. The molecule has 3 nitrogen and oxygen atoms in total. The van der Waals surface area contributed by atoms with E-state index in [0.717, 1.165) is 16.2 Å². The Morgan fingerprint density at radius 3 is 2.47 bits per heavy atom. The summed E-state index contributed by atoms with van der Waals surface area (Å²) in [4.78, 5) is 0. The first-order chi connectivity index (χ1) is 7.62. The fourth-order valence-corrected chi connectivity index (χ4v) is 1.89. The summed E-state index contributed by atoms with van der Waals surface area (Å²) in [6.07, 6.45) is 0. The molecular weight excluding hydrogens is 310 g/mol. The van der Waals surface area contributed by atoms with E-state index < -0.39 is 10.1 Å². The predicted octanol–water partition coefficient (Wildman–Crippen LogP) is -0.192. The summed E-state index contributed by atoms with van der Waals surface area (Å²) in [5, 5.41) is 2.48. The van der Waals surface area contributed by atoms with Crippen LogP contribution in [-0.4, -0.2) is 8.42 Å². The van der Waals surface area contributed by atoms with E-state index in [2.05, 4.69) is 6.58 Å². The van der Waals surface area contributed by atoms with Gasteiger partial charge in [0.2, 0.25) is 0 Å². The summed E-state index contributed by atoms with van der Waals surface area (Å²) in [6.45, 7) is 3.20. The molecule has 0 saturated carbocycles. The van der Waals surface area contributed by atoms with Crippen molar-refractivity contribution in [1.29, 1.82) is 0 Å². The van der Waals surface area contributed by atoms with E-state index in [-0.39, 0.29) is 59.6 Å². The van der Waals surface area contributed by atoms with Crippen LogP contribution in [0.5, 0.6) is 5.75 Å². The molecule has 0 fully saturated rings. The summed E-state index contributed by atoms with van der Waals surface area (Å²) in [5.41, 5.74) is 0. The van der Waals surface area contributed by atoms with Gasteiger partial charge in [-0.25, -0.2) is 0 Å². The molecule has 17 heavy (non-hydrogen) atoms. The van der Waals surface area contributed by atoms with Gasteiger partial charge in [0.15, 0.2) is 5.75 Å². The summed E-state index contributed by atoms with van der Waals surface area (Å²) in [7, 11) is -3.70. The van der Waals surface area contributed by atoms with Gasteiger partial charge in [-0.05, 0) is 11.5 Å². The topological polar surface area (TPSA) is 43.4 Å². The Balaban J connectivity index is 0.00000144. The maximum absolute atomic E-state index is 11.3. The van der Waals surface area contributed by atoms with E-state index in [0.29, 0.717) is 5.75 Å². The molecule has 5 heteroatoms. The molecule has 0 heterocycles. The first-order valence-electron chi connectivity index (χ1n) is 4.67. The van der Waals surface area contributed by atoms with Gasteiger partial charge >= 0.3 is 68.3 Å². The normalized spacial score (nSPS) is 10.6. The fraction of sp³-hybridized carbons (Fsp3) is 0. The van der Waals surface area contributed by atoms with Crippen LogP contribution < -0.4 is 62.4 Å². The Kier molecular flexibility index (Phi) is 5.53. The maximum atomic E-state index is 11.3. The van der Waals surface area contributed by atoms with Crippen molar-refractivity contribution in [3.63, 3.8) is 0 Å². The van der Waals surface area contributed by atoms with Crippen molar-refractivity contribution in [2.24, 2.45) is 0 Å². The predicted molar refractivity (Wildman–Crippen MR) is 64.8 cm³/mol. The summed E-state index contributed by atoms with van der Waals surface area (Å²) >= 11 is 0. The minimum atomic E-state index is -3.70. The largest absolute Gasteiger partial charge is 1.00 e. The van der Waals surface area contributed by atoms with Crippen LogP contribution in [0.2, 0.25) is 0 Å². The third-order valence-corrected chi connectivity index (χ3v) is 2.98. The summed E-state index contributed by atoms with van der Waals surface area (Å²) in [6, 6.07) is 12.7. The number of hydrogen-bond acceptors (Lipinski definition) is 3. The molecule has 0 bridgehead atoms. The van der Waals surface area contributed by atoms with Crippen LogP contribution in [-0.2, 0) is 10.1 Å². The Bertz CT molecular complexity index is 635. The monoisotopic (exact) mass is 320 g/mol. The third kappa shape index (κ3) is 3.73. The van der Waals surface area contributed by atoms with Crippen molar-refractivity contribution in [2.75, 3.05) is 0 Å². The Morgan fingerprint density at radius 1 is 1.12 bits per heavy atom. The molecule has 0 aliphatic heterocycles. The summed E-state index contributed by atoms with van der Waals surface area (Å²) in [5.74, 6) is 0.318. The SMILES string of the molecule is C=CS(=O)(=O)Oc1cccc2ccccc12.[H-].[Rb+]. The zero-order valence-corrected chi connectivity index (χ0v) is 15.2. The zero-order valence-electron chi connectivity index (χ0n) is 10.5. The Morgan fingerprint density at radius 2 is 1.76 bits per heavy atom. The van der Waals surface area contributed by atoms with E-state index in [4.69, 9.17) is 4.18 Å². The second-order valence-electron chi connectivity index (χ2n) is 3.22. The molecule has 0 aromatic heterocycles. The van der Waals surface area contributed by atoms with Crippen molar-refractivity contribution in [3.05, 3.63) is 54.5 Å². The van der Waals surface area contributed by atoms with Gasteiger partial charge in [0, 0.05) is 5.39 Å². The molecule has 0 aliphatic rings. The van der Waals surface area contributed by atoms with Gasteiger partial charge in [0.25, 0.3) is 0 Å². The first kappa shape index (κ1) is 15.1. The molecule has 0 saturated heterocycles. The average Bonchev–Trinajstić information content (AvgIpc) is 2.29. The van der Waals surface area contributed by atoms with Crippen LogP contribution in [0, 0.1) is 0 Å². The number of hydrogen-bond donors (Lipinski definition) is 0. The minimum absolute atomic E-state index is 0. The molecule has 2 aromatic carbocycles. The van der Waals surface area contributed by atoms with Crippen LogP contribution in [0.15, 0.2) is 54.5 Å². The van der Waals surface area contributed by atoms with Crippen molar-refractivity contribution in [1.82, 2.24) is 0 Å². The van der Waals surface area contributed by atoms with Crippen LogP contribution >= 0.6 is 0 Å². The molecule has 0 radical (unpaired) electrons. The zero-order chi connectivity index (χ0) is 11.6. The molecule has 0 aliphatic carbocycles. The molecular formula is C12H11O3RbS. The van der Waals surface area contributed by atoms with E-state index in [1.54, 1.807) is 12.1 Å². The minimum Gasteiger partial charge on any atom is -1.00 e. The fourth-order valence-electron chi connectivity index (χ4n) is 1.43. The number of fused-ring (bicyclic) bond motifs is 1. The second-order valence-corrected chi connectivity index (χ2v) is 4.71. The Labute approximate surface area is 151 Å². The summed E-state index contributed by atoms with van der Waals surface area (Å²) < 4.78 is 27.5. The molecule has 0 unspecified atom stereocenters. The van der Waals surface area contributed by atoms with Crippen molar-refractivity contribution < 1.29 is 72.2 Å². The third-order valence-electron chi connectivity index (χ3n) is 2.16. The number of rotatable bonds is 3. The van der Waals surface area contributed by atoms with Crippen LogP contribution in [0.3, 0.4) is 0 Å². The Hall–Kier alpha value is -0.00481. The van der Waals surface area contributed by atoms with Crippen molar-refractivity contribution in [3.8, 4) is 5.75 Å². The van der Waals surface area contributed by atoms with Gasteiger partial charge in [-0.3, -0.25) is 0 Å². The molecule has 0 amide bonds. The molecule has 2 aromatic rings. The van der Waals surface area contributed by atoms with Gasteiger partial charge in [-0.15, -0.1) is 0 Å². The molecule has 0 atom stereocenters. The molecule has 0 N–H and O–H groups in total. The van der Waals surface area contributed by atoms with Gasteiger partial charge in [-0.1, -0.05) is 43.0 Å². The van der Waals surface area contributed by atoms with Gasteiger partial charge in [-0.2, -0.15) is 8.42 Å². The van der Waals surface area contributed by atoms with E-state index in [1.165, 1.54) is 0 Å². The van der Waals surface area contributed by atoms with Crippen molar-refractivity contribution in [2.45, 2.75) is 0 Å². The van der Waals surface area contributed by atoms with E-state index in [1.807, 2.05) is 30.3 Å². The first-order valence-corrected chi connectivity index (χ1v) is 6.14. The molecule has 2 rings (SSSR count). The second kappa shape index (κ2) is 6.25. The quantitative estimate of drug-likeness (QED) is 0.736. The van der Waals surface area contributed by atoms with Crippen LogP contribution in [0.25, 0.3) is 10.8 Å². The van der Waals surface area contributed by atoms with E-state index >= 15 is 0 Å². The number of benzene rings is 2. The van der Waals surface area contributed by atoms with Gasteiger partial charge in [0.1, 0.15) is 0 Å². The van der Waals surface area contributed by atoms with Crippen molar-refractivity contribution >= 4 is 20.9 Å². The average molecular weight is 321 g/mol. The van der Waals surface area contributed by atoms with E-state index in [9.17, 15) is 8.42 Å². The van der Waals surface area contributed by atoms with Gasteiger partial charge < -0.3 is 5.61 Å². The van der Waals surface area contributed by atoms with Crippen LogP contribution in [0.4, 0.5) is 0 Å². The molecule has 0 spiro atoms. The smallest absolute Gasteiger partial charge is 1.00 e. The van der Waals surface area contributed by atoms with Crippen LogP contribution in [0.1, 0.15) is 1.43 Å². The maximum Gasteiger partial charge on any atom is 1.00 e. The standard InChI is InChI=1S/C12H10O3S.Rb.H/c1-2-16(13,14)15-12-9-5-7-10-6-3-4-8-11(10)12;;/h2-9H,1H2;;/q;+1;-1.